The molecule has 0 spiro atoms. The second-order valence-electron chi connectivity index (χ2n) is 5.63. The molecule has 132 valence electrons. The lowest BCUT2D eigenvalue weighted by Gasteiger charge is -2.04. The third kappa shape index (κ3) is 4.02. The van der Waals surface area contributed by atoms with Gasteiger partial charge >= 0.3 is 5.97 Å². The number of nitrogens with zero attached hydrogens (tertiary/aromatic N) is 1. The van der Waals surface area contributed by atoms with Crippen LogP contribution in [0.4, 0.5) is 0 Å². The van der Waals surface area contributed by atoms with Crippen LogP contribution in [0.1, 0.15) is 32.0 Å². The highest BCUT2D eigenvalue weighted by Gasteiger charge is 2.15. The number of rotatable bonds is 5. The van der Waals surface area contributed by atoms with E-state index >= 15 is 0 Å². The van der Waals surface area contributed by atoms with Crippen molar-refractivity contribution in [2.24, 2.45) is 0 Å². The van der Waals surface area contributed by atoms with Gasteiger partial charge in [0.25, 0.3) is 0 Å². The lowest BCUT2D eigenvalue weighted by Crippen LogP contribution is -2.02. The van der Waals surface area contributed by atoms with E-state index in [0.717, 1.165) is 0 Å². The van der Waals surface area contributed by atoms with Crippen LogP contribution in [0.3, 0.4) is 0 Å². The van der Waals surface area contributed by atoms with Gasteiger partial charge in [-0.15, -0.1) is 0 Å². The molecule has 1 heterocycles. The second-order valence-corrected chi connectivity index (χ2v) is 5.63. The number of methoxy groups -OCH3 is 1. The van der Waals surface area contributed by atoms with Crippen molar-refractivity contribution in [2.45, 2.75) is 0 Å². The van der Waals surface area contributed by atoms with Crippen molar-refractivity contribution in [3.05, 3.63) is 89.2 Å². The average molecular weight is 357 g/mol. The fourth-order valence-corrected chi connectivity index (χ4v) is 2.57. The maximum absolute atomic E-state index is 12.2. The number of ketones is 1. The molecule has 0 fully saturated rings. The lowest BCUT2D eigenvalue weighted by atomic mass is 10.1. The molecule has 0 aliphatic rings. The van der Waals surface area contributed by atoms with E-state index in [0.29, 0.717) is 33.8 Å². The van der Waals surface area contributed by atoms with Gasteiger partial charge in [-0.1, -0.05) is 30.3 Å². The normalized spacial score (nSPS) is 10.5. The van der Waals surface area contributed by atoms with Gasteiger partial charge in [0.1, 0.15) is 11.5 Å². The van der Waals surface area contributed by atoms with E-state index in [2.05, 4.69) is 0 Å². The zero-order valence-electron chi connectivity index (χ0n) is 14.5. The molecule has 0 unspecified atom stereocenters. The SMILES string of the molecule is COC(=O)c1ccccc1-c1ccc(/C=C/C(=O)c2cccc(C#N)c2)o1. The van der Waals surface area contributed by atoms with E-state index in [1.807, 2.05) is 6.07 Å². The fraction of sp³-hybridized carbons (Fsp3) is 0.0455. The third-order valence-corrected chi connectivity index (χ3v) is 3.90. The predicted octanol–water partition coefficient (Wildman–Crippen LogP) is 4.50. The molecule has 3 aromatic rings. The number of ether oxygens (including phenoxy) is 1. The zero-order valence-corrected chi connectivity index (χ0v) is 14.5. The summed E-state index contributed by atoms with van der Waals surface area (Å²) >= 11 is 0. The first-order valence-corrected chi connectivity index (χ1v) is 8.12. The number of furan rings is 1. The van der Waals surface area contributed by atoms with Crippen molar-refractivity contribution in [3.63, 3.8) is 0 Å². The Morgan fingerprint density at radius 2 is 1.89 bits per heavy atom. The number of carbonyl (C=O) groups is 2. The van der Waals surface area contributed by atoms with Crippen LogP contribution < -0.4 is 0 Å². The summed E-state index contributed by atoms with van der Waals surface area (Å²) in [7, 11) is 1.32. The molecule has 0 bridgehead atoms. The van der Waals surface area contributed by atoms with Crippen molar-refractivity contribution in [3.8, 4) is 17.4 Å². The summed E-state index contributed by atoms with van der Waals surface area (Å²) in [4.78, 5) is 24.1. The highest BCUT2D eigenvalue weighted by molar-refractivity contribution is 6.06. The number of esters is 1. The molecular weight excluding hydrogens is 342 g/mol. The van der Waals surface area contributed by atoms with Crippen LogP contribution >= 0.6 is 0 Å². The molecule has 27 heavy (non-hydrogen) atoms. The minimum atomic E-state index is -0.452. The molecule has 2 aromatic carbocycles. The fourth-order valence-electron chi connectivity index (χ4n) is 2.57. The molecule has 5 heteroatoms. The largest absolute Gasteiger partial charge is 0.465 e. The van der Waals surface area contributed by atoms with Crippen molar-refractivity contribution < 1.29 is 18.7 Å². The van der Waals surface area contributed by atoms with E-state index < -0.39 is 5.97 Å². The Kier molecular flexibility index (Phi) is 5.29. The Hall–Kier alpha value is -3.91. The molecule has 0 aliphatic carbocycles. The Balaban J connectivity index is 1.83. The lowest BCUT2D eigenvalue weighted by molar-refractivity contribution is 0.0601. The first-order valence-electron chi connectivity index (χ1n) is 8.12. The number of hydrogen-bond donors (Lipinski definition) is 0. The molecule has 0 radical (unpaired) electrons. The molecule has 0 atom stereocenters. The van der Waals surface area contributed by atoms with Crippen molar-refractivity contribution >= 4 is 17.8 Å². The molecule has 0 saturated heterocycles. The molecule has 1 aromatic heterocycles. The Labute approximate surface area is 156 Å². The quantitative estimate of drug-likeness (QED) is 0.381. The van der Waals surface area contributed by atoms with E-state index in [4.69, 9.17) is 14.4 Å². The van der Waals surface area contributed by atoms with Crippen LogP contribution in [0.2, 0.25) is 0 Å². The zero-order chi connectivity index (χ0) is 19.2. The third-order valence-electron chi connectivity index (χ3n) is 3.90. The molecule has 0 aliphatic heterocycles. The molecule has 0 amide bonds. The van der Waals surface area contributed by atoms with Gasteiger partial charge in [0.2, 0.25) is 0 Å². The molecular formula is C22H15NO4. The summed E-state index contributed by atoms with van der Waals surface area (Å²) in [6.45, 7) is 0. The Bertz CT molecular complexity index is 1070. The highest BCUT2D eigenvalue weighted by Crippen LogP contribution is 2.27. The summed E-state index contributed by atoms with van der Waals surface area (Å²) in [5.41, 5.74) is 1.85. The minimum absolute atomic E-state index is 0.236. The first kappa shape index (κ1) is 17.9. The van der Waals surface area contributed by atoms with Crippen LogP contribution in [0.25, 0.3) is 17.4 Å². The Morgan fingerprint density at radius 1 is 1.07 bits per heavy atom. The number of allylic oxidation sites excluding steroid dienone is 1. The van der Waals surface area contributed by atoms with Gasteiger partial charge in [0, 0.05) is 11.1 Å². The van der Waals surface area contributed by atoms with Crippen LogP contribution in [0.5, 0.6) is 0 Å². The average Bonchev–Trinajstić information content (AvgIpc) is 3.20. The molecule has 3 rings (SSSR count). The highest BCUT2D eigenvalue weighted by atomic mass is 16.5. The van der Waals surface area contributed by atoms with E-state index in [9.17, 15) is 9.59 Å². The standard InChI is InChI=1S/C22H15NO4/c1-26-22(25)19-8-3-2-7-18(19)21-12-10-17(27-21)9-11-20(24)16-6-4-5-15(13-16)14-23/h2-13H,1H3/b11-9+. The Morgan fingerprint density at radius 3 is 2.67 bits per heavy atom. The van der Waals surface area contributed by atoms with Gasteiger partial charge in [0.05, 0.1) is 24.3 Å². The van der Waals surface area contributed by atoms with E-state index in [1.165, 1.54) is 19.3 Å². The van der Waals surface area contributed by atoms with Crippen molar-refractivity contribution in [1.82, 2.24) is 0 Å². The monoisotopic (exact) mass is 357 g/mol. The van der Waals surface area contributed by atoms with Gasteiger partial charge in [-0.05, 0) is 42.5 Å². The predicted molar refractivity (Wildman–Crippen MR) is 100 cm³/mol. The van der Waals surface area contributed by atoms with Gasteiger partial charge < -0.3 is 9.15 Å². The van der Waals surface area contributed by atoms with Gasteiger partial charge in [-0.2, -0.15) is 5.26 Å². The topological polar surface area (TPSA) is 80.3 Å². The van der Waals surface area contributed by atoms with Gasteiger partial charge in [0.15, 0.2) is 5.78 Å². The van der Waals surface area contributed by atoms with E-state index in [-0.39, 0.29) is 5.78 Å². The van der Waals surface area contributed by atoms with Crippen LogP contribution in [0.15, 0.2) is 71.2 Å². The smallest absolute Gasteiger partial charge is 0.338 e. The van der Waals surface area contributed by atoms with Crippen molar-refractivity contribution in [1.29, 1.82) is 5.26 Å². The summed E-state index contributed by atoms with van der Waals surface area (Å²) in [6.07, 6.45) is 2.93. The maximum Gasteiger partial charge on any atom is 0.338 e. The number of nitriles is 1. The van der Waals surface area contributed by atoms with Gasteiger partial charge in [-0.25, -0.2) is 4.79 Å². The minimum Gasteiger partial charge on any atom is -0.465 e. The summed E-state index contributed by atoms with van der Waals surface area (Å²) < 4.78 is 10.5. The summed E-state index contributed by atoms with van der Waals surface area (Å²) in [6, 6.07) is 18.9. The number of carbonyl (C=O) groups excluding carboxylic acids is 2. The van der Waals surface area contributed by atoms with Crippen LogP contribution in [0, 0.1) is 11.3 Å². The number of benzene rings is 2. The van der Waals surface area contributed by atoms with Gasteiger partial charge in [-0.3, -0.25) is 4.79 Å². The van der Waals surface area contributed by atoms with Crippen molar-refractivity contribution in [2.75, 3.05) is 7.11 Å². The first-order chi connectivity index (χ1) is 13.1. The van der Waals surface area contributed by atoms with Crippen LogP contribution in [-0.2, 0) is 4.74 Å². The number of hydrogen-bond acceptors (Lipinski definition) is 5. The molecule has 0 saturated carbocycles. The van der Waals surface area contributed by atoms with Crippen LogP contribution in [-0.4, -0.2) is 18.9 Å². The van der Waals surface area contributed by atoms with E-state index in [1.54, 1.807) is 60.7 Å². The molecule has 0 N–H and O–H groups in total. The summed E-state index contributed by atoms with van der Waals surface area (Å²) in [5, 5.41) is 8.91. The second kappa shape index (κ2) is 7.98. The summed E-state index contributed by atoms with van der Waals surface area (Å²) in [5.74, 6) is 0.274. The maximum atomic E-state index is 12.2. The molecule has 5 nitrogen and oxygen atoms in total.